The number of aryl methyl sites for hydroxylation is 1. The highest BCUT2D eigenvalue weighted by molar-refractivity contribution is 6.01. The number of benzene rings is 3. The summed E-state index contributed by atoms with van der Waals surface area (Å²) >= 11 is 0. The molecule has 2 aliphatic carbocycles. The number of ketones is 1. The minimum Gasteiger partial charge on any atom is -0.444 e. The molecule has 0 unspecified atom stereocenters. The van der Waals surface area contributed by atoms with Crippen molar-refractivity contribution in [3.63, 3.8) is 0 Å². The Hall–Kier alpha value is -5.87. The van der Waals surface area contributed by atoms with Crippen LogP contribution in [0.5, 0.6) is 0 Å². The van der Waals surface area contributed by atoms with Gasteiger partial charge in [0.1, 0.15) is 22.7 Å². The molecule has 69 heavy (non-hydrogen) atoms. The van der Waals surface area contributed by atoms with Crippen LogP contribution in [0.2, 0.25) is 0 Å². The Morgan fingerprint density at radius 2 is 1.33 bits per heavy atom. The average Bonchev–Trinajstić information content (AvgIpc) is 3.69. The van der Waals surface area contributed by atoms with Gasteiger partial charge in [-0.25, -0.2) is 9.59 Å². The number of hydrogen-bond donors (Lipinski definition) is 4. The van der Waals surface area contributed by atoms with Crippen LogP contribution in [0.1, 0.15) is 126 Å². The summed E-state index contributed by atoms with van der Waals surface area (Å²) in [5.41, 5.74) is 1.54. The predicted octanol–water partition coefficient (Wildman–Crippen LogP) is 11.1. The van der Waals surface area contributed by atoms with E-state index in [4.69, 9.17) is 9.47 Å². The molecule has 0 saturated heterocycles. The number of carbonyl (C=O) groups excluding carboxylic acids is 5. The fraction of sp³-hybridized carbons (Fsp3) is 0.538. The molecule has 374 valence electrons. The molecule has 0 radical (unpaired) electrons. The highest BCUT2D eigenvalue weighted by Crippen LogP contribution is 2.42. The number of nitrogens with one attached hydrogen (secondary N) is 4. The van der Waals surface area contributed by atoms with Crippen LogP contribution in [-0.2, 0) is 31.9 Å². The van der Waals surface area contributed by atoms with Gasteiger partial charge in [0, 0.05) is 54.6 Å². The molecule has 0 aromatic heterocycles. The number of amides is 4. The molecule has 0 bridgehead atoms. The Labute approximate surface area is 400 Å². The highest BCUT2D eigenvalue weighted by Gasteiger charge is 2.61. The molecule has 3 aromatic carbocycles. The first-order valence-corrected chi connectivity index (χ1v) is 23.7. The number of anilines is 1. The van der Waals surface area contributed by atoms with Crippen LogP contribution in [0.15, 0.2) is 65.7 Å². The minimum atomic E-state index is -5.81. The van der Waals surface area contributed by atoms with E-state index in [1.165, 1.54) is 18.2 Å². The Kier molecular flexibility index (Phi) is 16.3. The van der Waals surface area contributed by atoms with Gasteiger partial charge in [0.15, 0.2) is 0 Å². The summed E-state index contributed by atoms with van der Waals surface area (Å²) in [6.45, 7) is 13.1. The molecule has 1 heterocycles. The summed E-state index contributed by atoms with van der Waals surface area (Å²) in [6, 6.07) is 17.0. The number of hydrogen-bond acceptors (Lipinski definition) is 8. The third-order valence-electron chi connectivity index (χ3n) is 12.8. The second-order valence-corrected chi connectivity index (χ2v) is 20.7. The standard InChI is InChI=1S/C52H64F5N5O7/c1-30-24-36(45(64)59-38-19-21-39(22-20-38)61-48(67)69-50(5,6)7)17-23-41(30)33-12-8-31(9-13-33)25-37(26-43(63)34-14-10-32(11-15-34)29-58-47(66)68-49(2,3)4)46(65)60-40-18-16-35-27-44(62-42(35)28-40)51(53,54)52(55,56)57/h8-9,12-13,16-18,23-24,28,32,34,37-39H,10-11,14-15,19-22,25-27,29H2,1-7H3,(H,58,66)(H,59,64)(H,60,65)(H,61,67)/t32?,34?,37-,38?,39?/m1/s1. The van der Waals surface area contributed by atoms with Crippen molar-refractivity contribution in [2.75, 3.05) is 11.9 Å². The number of fused-ring (bicyclic) bond motifs is 1. The van der Waals surface area contributed by atoms with Crippen molar-refractivity contribution in [1.82, 2.24) is 16.0 Å². The predicted molar refractivity (Wildman–Crippen MR) is 253 cm³/mol. The summed E-state index contributed by atoms with van der Waals surface area (Å²) in [5, 5.41) is 11.6. The van der Waals surface area contributed by atoms with Crippen molar-refractivity contribution in [2.45, 2.75) is 154 Å². The number of carbonyl (C=O) groups is 5. The van der Waals surface area contributed by atoms with Gasteiger partial charge in [-0.1, -0.05) is 36.4 Å². The largest absolute Gasteiger partial charge is 0.459 e. The van der Waals surface area contributed by atoms with Crippen LogP contribution < -0.4 is 21.3 Å². The van der Waals surface area contributed by atoms with Crippen molar-refractivity contribution < 1.29 is 55.4 Å². The molecule has 0 spiro atoms. The lowest BCUT2D eigenvalue weighted by molar-refractivity contribution is -0.249. The molecule has 4 amide bonds. The third kappa shape index (κ3) is 14.6. The molecular weight excluding hydrogens is 902 g/mol. The van der Waals surface area contributed by atoms with Crippen LogP contribution in [-0.4, -0.2) is 77.4 Å². The van der Waals surface area contributed by atoms with Crippen molar-refractivity contribution in [1.29, 1.82) is 0 Å². The summed E-state index contributed by atoms with van der Waals surface area (Å²) < 4.78 is 78.4. The van der Waals surface area contributed by atoms with E-state index < -0.39 is 59.4 Å². The first-order valence-electron chi connectivity index (χ1n) is 23.7. The maximum atomic E-state index is 14.2. The number of halogens is 5. The zero-order valence-electron chi connectivity index (χ0n) is 40.3. The van der Waals surface area contributed by atoms with Gasteiger partial charge in [-0.05, 0) is 164 Å². The van der Waals surface area contributed by atoms with Crippen molar-refractivity contribution in [2.24, 2.45) is 22.7 Å². The Bertz CT molecular complexity index is 2390. The van der Waals surface area contributed by atoms with Crippen LogP contribution in [0.25, 0.3) is 11.1 Å². The van der Waals surface area contributed by atoms with E-state index in [1.807, 2.05) is 64.1 Å². The normalized spacial score (nSPS) is 20.1. The molecule has 4 N–H and O–H groups in total. The zero-order valence-corrected chi connectivity index (χ0v) is 40.3. The minimum absolute atomic E-state index is 0.0217. The van der Waals surface area contributed by atoms with Gasteiger partial charge in [0.25, 0.3) is 5.91 Å². The van der Waals surface area contributed by atoms with Gasteiger partial charge in [-0.15, -0.1) is 0 Å². The molecule has 17 heteroatoms. The van der Waals surface area contributed by atoms with Crippen LogP contribution in [0, 0.1) is 24.7 Å². The van der Waals surface area contributed by atoms with Crippen LogP contribution >= 0.6 is 0 Å². The van der Waals surface area contributed by atoms with Gasteiger partial charge in [0.05, 0.1) is 5.69 Å². The van der Waals surface area contributed by atoms with Crippen molar-refractivity contribution in [3.05, 3.63) is 82.9 Å². The number of alkyl carbamates (subject to hydrolysis) is 2. The highest BCUT2D eigenvalue weighted by atomic mass is 19.4. The van der Waals surface area contributed by atoms with Crippen molar-refractivity contribution >= 4 is 46.9 Å². The summed E-state index contributed by atoms with van der Waals surface area (Å²) in [7, 11) is 0. The lowest BCUT2D eigenvalue weighted by atomic mass is 9.77. The molecule has 12 nitrogen and oxygen atoms in total. The fourth-order valence-electron chi connectivity index (χ4n) is 9.11. The third-order valence-corrected chi connectivity index (χ3v) is 12.8. The van der Waals surface area contributed by atoms with Gasteiger partial charge >= 0.3 is 24.3 Å². The maximum absolute atomic E-state index is 14.2. The average molecular weight is 966 g/mol. The van der Waals surface area contributed by atoms with Crippen LogP contribution in [0.4, 0.5) is 42.9 Å². The topological polar surface area (TPSA) is 164 Å². The Morgan fingerprint density at radius 1 is 0.725 bits per heavy atom. The fourth-order valence-corrected chi connectivity index (χ4v) is 9.11. The van der Waals surface area contributed by atoms with E-state index in [1.54, 1.807) is 26.8 Å². The molecule has 6 rings (SSSR count). The maximum Gasteiger partial charge on any atom is 0.459 e. The summed E-state index contributed by atoms with van der Waals surface area (Å²) in [6.07, 6.45) is -2.00. The van der Waals surface area contributed by atoms with Gasteiger partial charge in [-0.3, -0.25) is 19.4 Å². The number of nitrogens with zero attached hydrogens (tertiary/aromatic N) is 1. The van der Waals surface area contributed by atoms with E-state index >= 15 is 0 Å². The lowest BCUT2D eigenvalue weighted by Gasteiger charge is -2.30. The Balaban J connectivity index is 1.10. The SMILES string of the molecule is Cc1cc(C(=O)NC2CCC(NC(=O)OC(C)(C)C)CC2)ccc1-c1ccc(C[C@H](CC(=O)C2CCC(CNC(=O)OC(C)(C)C)CC2)C(=O)Nc2ccc3c(c2)N=C(C(F)(F)C(F)(F)F)C3)cc1. The van der Waals surface area contributed by atoms with E-state index in [-0.39, 0.29) is 65.4 Å². The van der Waals surface area contributed by atoms with E-state index in [2.05, 4.69) is 26.3 Å². The lowest BCUT2D eigenvalue weighted by Crippen LogP contribution is -2.45. The van der Waals surface area contributed by atoms with Crippen LogP contribution in [0.3, 0.4) is 0 Å². The quantitative estimate of drug-likeness (QED) is 0.117. The number of Topliss-reactive ketones (excluding diaryl/α,β-unsaturated/α-hetero) is 1. The smallest absolute Gasteiger partial charge is 0.444 e. The zero-order chi connectivity index (χ0) is 50.5. The number of rotatable bonds is 14. The molecule has 2 saturated carbocycles. The second-order valence-electron chi connectivity index (χ2n) is 20.7. The Morgan fingerprint density at radius 3 is 1.93 bits per heavy atom. The van der Waals surface area contributed by atoms with Gasteiger partial charge < -0.3 is 30.7 Å². The summed E-state index contributed by atoms with van der Waals surface area (Å²) in [5.74, 6) is -6.94. The number of ether oxygens (including phenoxy) is 2. The molecule has 1 aliphatic heterocycles. The van der Waals surface area contributed by atoms with Gasteiger partial charge in [-0.2, -0.15) is 22.0 Å². The van der Waals surface area contributed by atoms with Gasteiger partial charge in [0.2, 0.25) is 5.91 Å². The molecule has 2 fully saturated rings. The number of alkyl halides is 5. The molecular formula is C52H64F5N5O7. The first kappa shape index (κ1) is 52.5. The summed E-state index contributed by atoms with van der Waals surface area (Å²) in [4.78, 5) is 69.3. The monoisotopic (exact) mass is 965 g/mol. The van der Waals surface area contributed by atoms with E-state index in [0.29, 0.717) is 63.5 Å². The second kappa shape index (κ2) is 21.4. The van der Waals surface area contributed by atoms with E-state index in [9.17, 15) is 45.9 Å². The molecule has 3 aromatic rings. The molecule has 3 aliphatic rings. The molecule has 1 atom stereocenters. The van der Waals surface area contributed by atoms with E-state index in [0.717, 1.165) is 22.3 Å². The van der Waals surface area contributed by atoms with Crippen molar-refractivity contribution in [3.8, 4) is 11.1 Å². The first-order chi connectivity index (χ1) is 32.2. The number of aliphatic imine (C=N–C) groups is 1.